The molecule has 1 fully saturated rings. The minimum absolute atomic E-state index is 0.221. The summed E-state index contributed by atoms with van der Waals surface area (Å²) in [5.74, 6) is -0.730. The molecular weight excluding hydrogens is 228 g/mol. The number of hydrogen-bond acceptors (Lipinski definition) is 6. The highest BCUT2D eigenvalue weighted by atomic mass is 32.1. The zero-order valence-corrected chi connectivity index (χ0v) is 9.69. The van der Waals surface area contributed by atoms with Crippen molar-refractivity contribution in [3.05, 3.63) is 6.33 Å². The summed E-state index contributed by atoms with van der Waals surface area (Å²) >= 11 is 1.40. The van der Waals surface area contributed by atoms with Crippen LogP contribution in [0.1, 0.15) is 6.42 Å². The Kier molecular flexibility index (Phi) is 3.68. The van der Waals surface area contributed by atoms with Gasteiger partial charge in [-0.15, -0.1) is 0 Å². The van der Waals surface area contributed by atoms with Crippen molar-refractivity contribution in [3.63, 3.8) is 0 Å². The average Bonchev–Trinajstić information content (AvgIpc) is 2.80. The van der Waals surface area contributed by atoms with Gasteiger partial charge in [0.25, 0.3) is 0 Å². The Morgan fingerprint density at radius 2 is 2.19 bits per heavy atom. The molecule has 1 saturated heterocycles. The Bertz CT molecular complexity index is 335. The van der Waals surface area contributed by atoms with E-state index in [9.17, 15) is 4.79 Å². The van der Waals surface area contributed by atoms with Crippen molar-refractivity contribution in [2.75, 3.05) is 37.6 Å². The molecule has 6 nitrogen and oxygen atoms in total. The van der Waals surface area contributed by atoms with Crippen molar-refractivity contribution >= 4 is 22.6 Å². The maximum atomic E-state index is 10.4. The summed E-state index contributed by atoms with van der Waals surface area (Å²) in [4.78, 5) is 19.0. The van der Waals surface area contributed by atoms with Gasteiger partial charge in [-0.1, -0.05) is 0 Å². The summed E-state index contributed by atoms with van der Waals surface area (Å²) in [6.07, 6.45) is 1.79. The summed E-state index contributed by atoms with van der Waals surface area (Å²) in [5, 5.41) is 9.55. The zero-order chi connectivity index (χ0) is 11.4. The second-order valence-corrected chi connectivity index (χ2v) is 4.45. The summed E-state index contributed by atoms with van der Waals surface area (Å²) < 4.78 is 3.97. The van der Waals surface area contributed by atoms with Crippen molar-refractivity contribution < 1.29 is 9.90 Å². The van der Waals surface area contributed by atoms with Crippen molar-refractivity contribution in [2.45, 2.75) is 6.42 Å². The highest BCUT2D eigenvalue weighted by Gasteiger charge is 2.19. The Hall–Kier alpha value is -1.21. The molecule has 88 valence electrons. The first-order valence-corrected chi connectivity index (χ1v) is 5.99. The Labute approximate surface area is 97.7 Å². The highest BCUT2D eigenvalue weighted by Crippen LogP contribution is 2.16. The third-order valence-electron chi connectivity index (χ3n) is 2.63. The van der Waals surface area contributed by atoms with Crippen LogP contribution in [-0.2, 0) is 4.79 Å². The lowest BCUT2D eigenvalue weighted by Crippen LogP contribution is -2.46. The molecule has 0 unspecified atom stereocenters. The first kappa shape index (κ1) is 11.3. The van der Waals surface area contributed by atoms with Crippen molar-refractivity contribution in [3.8, 4) is 0 Å². The van der Waals surface area contributed by atoms with E-state index in [2.05, 4.69) is 19.2 Å². The van der Waals surface area contributed by atoms with E-state index >= 15 is 0 Å². The minimum Gasteiger partial charge on any atom is -0.481 e. The predicted octanol–water partition coefficient (Wildman–Crippen LogP) is 0.135. The van der Waals surface area contributed by atoms with Crippen LogP contribution in [0, 0.1) is 0 Å². The van der Waals surface area contributed by atoms with Gasteiger partial charge in [-0.05, 0) is 0 Å². The monoisotopic (exact) mass is 242 g/mol. The van der Waals surface area contributed by atoms with Gasteiger partial charge >= 0.3 is 5.97 Å². The molecule has 1 aliphatic rings. The molecule has 0 atom stereocenters. The molecule has 0 bridgehead atoms. The van der Waals surface area contributed by atoms with E-state index in [1.807, 2.05) is 0 Å². The third kappa shape index (κ3) is 2.89. The number of anilines is 1. The first-order valence-electron chi connectivity index (χ1n) is 5.21. The van der Waals surface area contributed by atoms with Crippen LogP contribution < -0.4 is 4.90 Å². The van der Waals surface area contributed by atoms with Gasteiger partial charge in [-0.25, -0.2) is 4.98 Å². The molecule has 16 heavy (non-hydrogen) atoms. The SMILES string of the molecule is O=C(O)CCN1CCN(c2ncns2)CC1. The molecular formula is C9H14N4O2S. The van der Waals surface area contributed by atoms with E-state index < -0.39 is 5.97 Å². The van der Waals surface area contributed by atoms with Crippen LogP contribution in [0.3, 0.4) is 0 Å². The van der Waals surface area contributed by atoms with Gasteiger partial charge in [0.05, 0.1) is 6.42 Å². The number of carboxylic acids is 1. The van der Waals surface area contributed by atoms with Crippen LogP contribution in [0.2, 0.25) is 0 Å². The van der Waals surface area contributed by atoms with E-state index in [-0.39, 0.29) is 6.42 Å². The maximum absolute atomic E-state index is 10.4. The number of aliphatic carboxylic acids is 1. The van der Waals surface area contributed by atoms with Crippen molar-refractivity contribution in [1.82, 2.24) is 14.3 Å². The summed E-state index contributed by atoms with van der Waals surface area (Å²) in [6.45, 7) is 4.22. The highest BCUT2D eigenvalue weighted by molar-refractivity contribution is 7.09. The molecule has 2 rings (SSSR count). The molecule has 1 aromatic rings. The Morgan fingerprint density at radius 3 is 2.75 bits per heavy atom. The largest absolute Gasteiger partial charge is 0.481 e. The number of carbonyl (C=O) groups is 1. The van der Waals surface area contributed by atoms with Gasteiger partial charge in [-0.2, -0.15) is 4.37 Å². The lowest BCUT2D eigenvalue weighted by molar-refractivity contribution is -0.137. The fourth-order valence-electron chi connectivity index (χ4n) is 1.72. The topological polar surface area (TPSA) is 69.6 Å². The standard InChI is InChI=1S/C9H14N4O2S/c14-8(15)1-2-12-3-5-13(6-4-12)9-10-7-11-16-9/h7H,1-6H2,(H,14,15). The molecule has 1 N–H and O–H groups in total. The molecule has 7 heteroatoms. The zero-order valence-electron chi connectivity index (χ0n) is 8.87. The number of hydrogen-bond donors (Lipinski definition) is 1. The molecule has 0 radical (unpaired) electrons. The van der Waals surface area contributed by atoms with Crippen LogP contribution in [0.5, 0.6) is 0 Å². The van der Waals surface area contributed by atoms with E-state index in [4.69, 9.17) is 5.11 Å². The number of piperazine rings is 1. The van der Waals surface area contributed by atoms with E-state index in [1.165, 1.54) is 11.5 Å². The number of carboxylic acid groups (broad SMARTS) is 1. The molecule has 0 amide bonds. The van der Waals surface area contributed by atoms with Crippen LogP contribution >= 0.6 is 11.5 Å². The lowest BCUT2D eigenvalue weighted by atomic mass is 10.3. The Morgan fingerprint density at radius 1 is 1.44 bits per heavy atom. The molecule has 0 aromatic carbocycles. The van der Waals surface area contributed by atoms with E-state index in [0.29, 0.717) is 6.54 Å². The predicted molar refractivity (Wildman–Crippen MR) is 60.8 cm³/mol. The van der Waals surface area contributed by atoms with Gasteiger partial charge in [-0.3, -0.25) is 9.69 Å². The molecule has 2 heterocycles. The van der Waals surface area contributed by atoms with Crippen LogP contribution in [-0.4, -0.2) is 58.1 Å². The summed E-state index contributed by atoms with van der Waals surface area (Å²) in [6, 6.07) is 0. The molecule has 0 spiro atoms. The van der Waals surface area contributed by atoms with Gasteiger partial charge in [0.1, 0.15) is 6.33 Å². The molecule has 1 aliphatic heterocycles. The fraction of sp³-hybridized carbons (Fsp3) is 0.667. The van der Waals surface area contributed by atoms with Crippen LogP contribution in [0.15, 0.2) is 6.33 Å². The minimum atomic E-state index is -0.730. The Balaban J connectivity index is 1.76. The van der Waals surface area contributed by atoms with Crippen molar-refractivity contribution in [1.29, 1.82) is 0 Å². The average molecular weight is 242 g/mol. The van der Waals surface area contributed by atoms with Gasteiger partial charge in [0.2, 0.25) is 5.13 Å². The van der Waals surface area contributed by atoms with Gasteiger partial charge in [0.15, 0.2) is 0 Å². The second-order valence-electron chi connectivity index (χ2n) is 3.70. The summed E-state index contributed by atoms with van der Waals surface area (Å²) in [5.41, 5.74) is 0. The second kappa shape index (κ2) is 5.22. The number of aromatic nitrogens is 2. The van der Waals surface area contributed by atoms with E-state index in [0.717, 1.165) is 31.3 Å². The van der Waals surface area contributed by atoms with E-state index in [1.54, 1.807) is 6.33 Å². The normalized spacial score (nSPS) is 17.6. The van der Waals surface area contributed by atoms with Gasteiger partial charge in [0, 0.05) is 44.3 Å². The molecule has 0 saturated carbocycles. The first-order chi connectivity index (χ1) is 7.75. The number of rotatable bonds is 4. The van der Waals surface area contributed by atoms with Crippen LogP contribution in [0.4, 0.5) is 5.13 Å². The number of nitrogens with zero attached hydrogens (tertiary/aromatic N) is 4. The van der Waals surface area contributed by atoms with Crippen molar-refractivity contribution in [2.24, 2.45) is 0 Å². The molecule has 1 aromatic heterocycles. The maximum Gasteiger partial charge on any atom is 0.304 e. The fourth-order valence-corrected chi connectivity index (χ4v) is 2.30. The lowest BCUT2D eigenvalue weighted by Gasteiger charge is -2.33. The van der Waals surface area contributed by atoms with Crippen LogP contribution in [0.25, 0.3) is 0 Å². The smallest absolute Gasteiger partial charge is 0.304 e. The summed E-state index contributed by atoms with van der Waals surface area (Å²) in [7, 11) is 0. The third-order valence-corrected chi connectivity index (χ3v) is 3.36. The molecule has 0 aliphatic carbocycles. The van der Waals surface area contributed by atoms with Gasteiger partial charge < -0.3 is 10.0 Å². The quantitative estimate of drug-likeness (QED) is 0.809.